The van der Waals surface area contributed by atoms with E-state index in [1.54, 1.807) is 0 Å². The second kappa shape index (κ2) is 28.5. The number of benzene rings is 4. The molecular formula is C60H80O8. The first kappa shape index (κ1) is 56.6. The maximum atomic E-state index is 11.9. The summed E-state index contributed by atoms with van der Waals surface area (Å²) in [5, 5.41) is 3.05. The minimum absolute atomic E-state index is 0.363. The summed E-state index contributed by atoms with van der Waals surface area (Å²) in [5.41, 5.74) is 8.74. The number of allylic oxidation sites excluding steroid dienone is 8. The molecule has 0 aliphatic carbocycles. The Balaban J connectivity index is 0.000000360. The highest BCUT2D eigenvalue weighted by atomic mass is 16.5. The van der Waals surface area contributed by atoms with Crippen LogP contribution in [-0.4, -0.2) is 23.9 Å². The first-order valence-corrected chi connectivity index (χ1v) is 24.6. The average molecular weight is 929 g/mol. The Bertz CT molecular complexity index is 2490. The van der Waals surface area contributed by atoms with E-state index >= 15 is 0 Å². The van der Waals surface area contributed by atoms with Gasteiger partial charge >= 0.3 is 23.9 Å². The summed E-state index contributed by atoms with van der Waals surface area (Å²) in [6.07, 6.45) is 21.7. The van der Waals surface area contributed by atoms with Gasteiger partial charge in [-0.3, -0.25) is 19.2 Å². The van der Waals surface area contributed by atoms with Crippen molar-refractivity contribution in [1.29, 1.82) is 0 Å². The lowest BCUT2D eigenvalue weighted by Crippen LogP contribution is -2.09. The fourth-order valence-electron chi connectivity index (χ4n) is 8.41. The number of rotatable bonds is 22. The van der Waals surface area contributed by atoms with Gasteiger partial charge in [-0.1, -0.05) is 142 Å². The molecule has 368 valence electrons. The highest BCUT2D eigenvalue weighted by Crippen LogP contribution is 2.43. The van der Waals surface area contributed by atoms with Crippen LogP contribution in [-0.2, 0) is 32.0 Å². The third-order valence-corrected chi connectivity index (χ3v) is 12.1. The summed E-state index contributed by atoms with van der Waals surface area (Å²) < 4.78 is 22.6. The van der Waals surface area contributed by atoms with E-state index in [0.717, 1.165) is 87.7 Å². The Morgan fingerprint density at radius 2 is 0.809 bits per heavy atom. The van der Waals surface area contributed by atoms with Crippen LogP contribution >= 0.6 is 0 Å². The maximum absolute atomic E-state index is 11.9. The van der Waals surface area contributed by atoms with Crippen LogP contribution in [0.25, 0.3) is 21.5 Å². The van der Waals surface area contributed by atoms with E-state index in [2.05, 4.69) is 79.7 Å². The predicted molar refractivity (Wildman–Crippen MR) is 281 cm³/mol. The molecule has 0 aromatic heterocycles. The second-order valence-electron chi connectivity index (χ2n) is 19.2. The van der Waals surface area contributed by atoms with Crippen molar-refractivity contribution in [3.8, 4) is 23.0 Å². The first-order chi connectivity index (χ1) is 32.2. The molecule has 0 radical (unpaired) electrons. The molecule has 0 aliphatic heterocycles. The molecule has 0 saturated carbocycles. The number of carbonyl (C=O) groups excluding carboxylic acids is 4. The average Bonchev–Trinajstić information content (AvgIpc) is 3.25. The number of ether oxygens (including phenoxy) is 4. The summed E-state index contributed by atoms with van der Waals surface area (Å²) in [6, 6.07) is 15.1. The molecule has 8 heteroatoms. The Kier molecular flexibility index (Phi) is 23.7. The molecule has 0 N–H and O–H groups in total. The molecule has 8 nitrogen and oxygen atoms in total. The quantitative estimate of drug-likeness (QED) is 0.0436. The van der Waals surface area contributed by atoms with Crippen LogP contribution in [0.4, 0.5) is 0 Å². The zero-order valence-corrected chi connectivity index (χ0v) is 43.8. The number of fused-ring (bicyclic) bond motifs is 2. The van der Waals surface area contributed by atoms with Gasteiger partial charge in [0, 0.05) is 60.4 Å². The van der Waals surface area contributed by atoms with E-state index in [4.69, 9.17) is 18.9 Å². The summed E-state index contributed by atoms with van der Waals surface area (Å²) in [6.45, 7) is 27.1. The molecular weight excluding hydrogens is 849 g/mol. The van der Waals surface area contributed by atoms with Crippen LogP contribution in [0.1, 0.15) is 170 Å². The van der Waals surface area contributed by atoms with Crippen molar-refractivity contribution in [2.75, 3.05) is 0 Å². The van der Waals surface area contributed by atoms with E-state index in [1.807, 2.05) is 62.4 Å². The molecule has 0 fully saturated rings. The fraction of sp³-hybridized carbons (Fsp3) is 0.467. The SMILES string of the molecule is CC(=O)Oc1c(C)c(C/C=C(\C)CC/C=C(\C)CCC=C(C)C)c(OC(C)=O)c2ccccc12.CC(=O)Oc1c(C)c(C/C=C(\C)CCCC(C)CCCC(C)C)c(OC(C)=O)c2ccccc12. The van der Waals surface area contributed by atoms with Crippen LogP contribution in [0, 0.1) is 25.7 Å². The van der Waals surface area contributed by atoms with E-state index in [-0.39, 0.29) is 23.9 Å². The van der Waals surface area contributed by atoms with Crippen molar-refractivity contribution >= 4 is 45.4 Å². The molecule has 0 bridgehead atoms. The molecule has 4 aromatic carbocycles. The molecule has 0 aliphatic rings. The van der Waals surface area contributed by atoms with Crippen LogP contribution in [0.3, 0.4) is 0 Å². The lowest BCUT2D eigenvalue weighted by Gasteiger charge is -2.19. The molecule has 0 amide bonds. The Hall–Kier alpha value is -5.76. The van der Waals surface area contributed by atoms with Crippen molar-refractivity contribution in [3.05, 3.63) is 117 Å². The van der Waals surface area contributed by atoms with E-state index < -0.39 is 0 Å². The van der Waals surface area contributed by atoms with E-state index in [0.29, 0.717) is 35.8 Å². The molecule has 0 spiro atoms. The van der Waals surface area contributed by atoms with Gasteiger partial charge in [0.1, 0.15) is 23.0 Å². The molecule has 4 rings (SSSR count). The zero-order valence-electron chi connectivity index (χ0n) is 43.8. The Morgan fingerprint density at radius 1 is 0.456 bits per heavy atom. The second-order valence-corrected chi connectivity index (χ2v) is 19.2. The van der Waals surface area contributed by atoms with Gasteiger partial charge in [0.2, 0.25) is 0 Å². The lowest BCUT2D eigenvalue weighted by atomic mass is 9.93. The van der Waals surface area contributed by atoms with Gasteiger partial charge in [-0.2, -0.15) is 0 Å². The number of hydrogen-bond donors (Lipinski definition) is 0. The third-order valence-electron chi connectivity index (χ3n) is 12.1. The van der Waals surface area contributed by atoms with E-state index in [1.165, 1.54) is 82.1 Å². The fourth-order valence-corrected chi connectivity index (χ4v) is 8.41. The third kappa shape index (κ3) is 18.7. The van der Waals surface area contributed by atoms with Gasteiger partial charge < -0.3 is 18.9 Å². The number of hydrogen-bond acceptors (Lipinski definition) is 8. The maximum Gasteiger partial charge on any atom is 0.308 e. The van der Waals surface area contributed by atoms with Gasteiger partial charge in [-0.25, -0.2) is 0 Å². The first-order valence-electron chi connectivity index (χ1n) is 24.6. The van der Waals surface area contributed by atoms with Crippen molar-refractivity contribution in [2.24, 2.45) is 11.8 Å². The van der Waals surface area contributed by atoms with Crippen LogP contribution in [0.5, 0.6) is 23.0 Å². The largest absolute Gasteiger partial charge is 0.426 e. The number of esters is 4. The van der Waals surface area contributed by atoms with Gasteiger partial charge in [-0.05, 0) is 123 Å². The zero-order chi connectivity index (χ0) is 50.5. The standard InChI is InChI=1S/C30H42O4.C30H38O4/c2*1-20(2)12-10-13-21(3)14-11-15-22(4)18-19-26-23(5)29(33-24(6)31)27-16-8-9-17-28(27)30(26)34-25(7)32/h8-9,16-18,20-21H,10-15,19H2,1-7H3;8-9,12,14,16-18H,10-11,13,15,19H2,1-7H3/b22-18+;21-14+,22-18+. The molecule has 68 heavy (non-hydrogen) atoms. The van der Waals surface area contributed by atoms with Gasteiger partial charge in [0.15, 0.2) is 0 Å². The minimum atomic E-state index is -0.377. The van der Waals surface area contributed by atoms with Gasteiger partial charge in [-0.15, -0.1) is 0 Å². The molecule has 1 unspecified atom stereocenters. The number of carbonyl (C=O) groups is 4. The molecule has 0 saturated heterocycles. The van der Waals surface area contributed by atoms with Crippen LogP contribution < -0.4 is 18.9 Å². The van der Waals surface area contributed by atoms with Crippen LogP contribution in [0.2, 0.25) is 0 Å². The van der Waals surface area contributed by atoms with E-state index in [9.17, 15) is 19.2 Å². The molecule has 1 atom stereocenters. The highest BCUT2D eigenvalue weighted by molar-refractivity contribution is 5.99. The van der Waals surface area contributed by atoms with Crippen molar-refractivity contribution in [3.63, 3.8) is 0 Å². The molecule has 4 aromatic rings. The normalized spacial score (nSPS) is 12.4. The summed E-state index contributed by atoms with van der Waals surface area (Å²) in [4.78, 5) is 47.4. The smallest absolute Gasteiger partial charge is 0.308 e. The topological polar surface area (TPSA) is 105 Å². The lowest BCUT2D eigenvalue weighted by molar-refractivity contribution is -0.133. The van der Waals surface area contributed by atoms with Crippen molar-refractivity contribution in [1.82, 2.24) is 0 Å². The summed E-state index contributed by atoms with van der Waals surface area (Å²) in [7, 11) is 0. The Morgan fingerprint density at radius 3 is 1.21 bits per heavy atom. The molecule has 0 heterocycles. The monoisotopic (exact) mass is 929 g/mol. The highest BCUT2D eigenvalue weighted by Gasteiger charge is 2.22. The summed E-state index contributed by atoms with van der Waals surface area (Å²) in [5.74, 6) is 2.22. The van der Waals surface area contributed by atoms with Crippen molar-refractivity contribution < 1.29 is 38.1 Å². The Labute approximate surface area is 408 Å². The van der Waals surface area contributed by atoms with Crippen LogP contribution in [0.15, 0.2) is 95.1 Å². The summed E-state index contributed by atoms with van der Waals surface area (Å²) >= 11 is 0. The van der Waals surface area contributed by atoms with Crippen molar-refractivity contribution in [2.45, 2.75) is 174 Å². The van der Waals surface area contributed by atoms with Gasteiger partial charge in [0.25, 0.3) is 0 Å². The van der Waals surface area contributed by atoms with Gasteiger partial charge in [0.05, 0.1) is 0 Å². The minimum Gasteiger partial charge on any atom is -0.426 e. The predicted octanol–water partition coefficient (Wildman–Crippen LogP) is 16.1.